The molecule has 2 aromatic carbocycles. The molecule has 152 valence electrons. The summed E-state index contributed by atoms with van der Waals surface area (Å²) < 4.78 is 10.7. The van der Waals surface area contributed by atoms with E-state index >= 15 is 0 Å². The van der Waals surface area contributed by atoms with Crippen molar-refractivity contribution in [1.82, 2.24) is 25.1 Å². The molecule has 3 N–H and O–H groups in total. The largest absolute Gasteiger partial charge is 0.495 e. The molecule has 0 spiro atoms. The number of methoxy groups -OCH3 is 1. The van der Waals surface area contributed by atoms with Gasteiger partial charge in [0.05, 0.1) is 24.3 Å². The number of nitrogens with two attached hydrogens (primary N) is 1. The van der Waals surface area contributed by atoms with Gasteiger partial charge in [-0.3, -0.25) is 0 Å². The van der Waals surface area contributed by atoms with Crippen LogP contribution in [0, 0.1) is 0 Å². The van der Waals surface area contributed by atoms with Crippen molar-refractivity contribution >= 4 is 29.3 Å². The number of anilines is 3. The third-order valence-corrected chi connectivity index (χ3v) is 4.92. The Morgan fingerprint density at radius 1 is 0.967 bits per heavy atom. The summed E-state index contributed by atoms with van der Waals surface area (Å²) in [6.07, 6.45) is 0. The molecule has 0 aliphatic rings. The van der Waals surface area contributed by atoms with E-state index in [0.29, 0.717) is 40.7 Å². The summed E-state index contributed by atoms with van der Waals surface area (Å²) in [5.41, 5.74) is 7.50. The van der Waals surface area contributed by atoms with Crippen LogP contribution in [0.4, 0.5) is 17.6 Å². The molecule has 10 heteroatoms. The van der Waals surface area contributed by atoms with Crippen LogP contribution in [0.2, 0.25) is 0 Å². The maximum Gasteiger partial charge on any atom is 0.236 e. The Morgan fingerprint density at radius 2 is 1.77 bits per heavy atom. The maximum absolute atomic E-state index is 5.85. The minimum atomic E-state index is 0.141. The second-order valence-corrected chi connectivity index (χ2v) is 7.11. The highest BCUT2D eigenvalue weighted by atomic mass is 32.2. The number of para-hydroxylation sites is 2. The van der Waals surface area contributed by atoms with Crippen LogP contribution in [0.1, 0.15) is 11.7 Å². The first-order valence-corrected chi connectivity index (χ1v) is 10.2. The SMILES string of the molecule is COc1ccccc1Nc1nc(N)nc(CSCc2nc(-c3ccccc3)no2)n1. The number of aromatic nitrogens is 5. The lowest BCUT2D eigenvalue weighted by atomic mass is 10.2. The van der Waals surface area contributed by atoms with Crippen molar-refractivity contribution in [3.8, 4) is 17.1 Å². The zero-order chi connectivity index (χ0) is 20.8. The summed E-state index contributed by atoms with van der Waals surface area (Å²) in [5, 5.41) is 7.14. The minimum Gasteiger partial charge on any atom is -0.495 e. The number of nitrogens with zero attached hydrogens (tertiary/aromatic N) is 5. The maximum atomic E-state index is 5.85. The highest BCUT2D eigenvalue weighted by Crippen LogP contribution is 2.26. The molecule has 4 rings (SSSR count). The normalized spacial score (nSPS) is 10.7. The fourth-order valence-electron chi connectivity index (χ4n) is 2.67. The number of nitrogens with one attached hydrogen (secondary N) is 1. The van der Waals surface area contributed by atoms with Gasteiger partial charge < -0.3 is 20.3 Å². The lowest BCUT2D eigenvalue weighted by molar-refractivity contribution is 0.391. The van der Waals surface area contributed by atoms with Crippen molar-refractivity contribution < 1.29 is 9.26 Å². The van der Waals surface area contributed by atoms with Crippen LogP contribution in [-0.2, 0) is 11.5 Å². The highest BCUT2D eigenvalue weighted by molar-refractivity contribution is 7.97. The molecule has 30 heavy (non-hydrogen) atoms. The van der Waals surface area contributed by atoms with E-state index in [1.54, 1.807) is 18.9 Å². The van der Waals surface area contributed by atoms with Gasteiger partial charge in [-0.2, -0.15) is 19.9 Å². The first-order chi connectivity index (χ1) is 14.7. The third-order valence-electron chi connectivity index (χ3n) is 4.01. The van der Waals surface area contributed by atoms with Crippen molar-refractivity contribution in [2.24, 2.45) is 0 Å². The van der Waals surface area contributed by atoms with Gasteiger partial charge in [0, 0.05) is 5.56 Å². The van der Waals surface area contributed by atoms with Crippen LogP contribution >= 0.6 is 11.8 Å². The molecule has 0 saturated carbocycles. The van der Waals surface area contributed by atoms with Crippen molar-refractivity contribution in [3.63, 3.8) is 0 Å². The summed E-state index contributed by atoms with van der Waals surface area (Å²) in [5.74, 6) is 3.86. The first kappa shape index (κ1) is 19.6. The van der Waals surface area contributed by atoms with Crippen LogP contribution in [0.15, 0.2) is 59.1 Å². The zero-order valence-electron chi connectivity index (χ0n) is 16.1. The molecule has 0 aliphatic heterocycles. The fraction of sp³-hybridized carbons (Fsp3) is 0.150. The lowest BCUT2D eigenvalue weighted by Crippen LogP contribution is -2.07. The predicted molar refractivity (Wildman–Crippen MR) is 115 cm³/mol. The first-order valence-electron chi connectivity index (χ1n) is 9.07. The molecule has 0 unspecified atom stereocenters. The van der Waals surface area contributed by atoms with Gasteiger partial charge in [0.25, 0.3) is 0 Å². The van der Waals surface area contributed by atoms with Crippen LogP contribution < -0.4 is 15.8 Å². The zero-order valence-corrected chi connectivity index (χ0v) is 17.0. The Hall–Kier alpha value is -3.66. The van der Waals surface area contributed by atoms with E-state index in [4.69, 9.17) is 15.0 Å². The molecule has 0 atom stereocenters. The van der Waals surface area contributed by atoms with E-state index in [-0.39, 0.29) is 5.95 Å². The minimum absolute atomic E-state index is 0.141. The summed E-state index contributed by atoms with van der Waals surface area (Å²) in [7, 11) is 1.60. The van der Waals surface area contributed by atoms with Crippen molar-refractivity contribution in [3.05, 3.63) is 66.3 Å². The van der Waals surface area contributed by atoms with E-state index in [9.17, 15) is 0 Å². The van der Waals surface area contributed by atoms with E-state index in [0.717, 1.165) is 11.3 Å². The summed E-state index contributed by atoms with van der Waals surface area (Å²) in [6, 6.07) is 17.2. The summed E-state index contributed by atoms with van der Waals surface area (Å²) >= 11 is 1.54. The third kappa shape index (κ3) is 4.84. The number of thioether (sulfide) groups is 1. The van der Waals surface area contributed by atoms with Crippen LogP contribution in [0.5, 0.6) is 5.75 Å². The van der Waals surface area contributed by atoms with Gasteiger partial charge in [-0.05, 0) is 12.1 Å². The Bertz CT molecular complexity index is 1120. The Kier molecular flexibility index (Phi) is 6.04. The average Bonchev–Trinajstić information content (AvgIpc) is 3.23. The molecule has 2 aromatic heterocycles. The molecule has 0 aliphatic carbocycles. The standard InChI is InChI=1S/C20H19N7O2S/c1-28-15-10-6-5-9-14(15)22-20-24-16(23-19(21)26-20)11-30-12-17-25-18(27-29-17)13-7-3-2-4-8-13/h2-10H,11-12H2,1H3,(H3,21,22,23,24,26). The second kappa shape index (κ2) is 9.23. The molecular formula is C20H19N7O2S. The molecule has 9 nitrogen and oxygen atoms in total. The van der Waals surface area contributed by atoms with Crippen LogP contribution in [-0.4, -0.2) is 32.2 Å². The molecule has 0 fully saturated rings. The summed E-state index contributed by atoms with van der Waals surface area (Å²) in [4.78, 5) is 17.2. The lowest BCUT2D eigenvalue weighted by Gasteiger charge is -2.10. The molecule has 0 radical (unpaired) electrons. The molecule has 2 heterocycles. The van der Waals surface area contributed by atoms with Gasteiger partial charge in [-0.15, -0.1) is 11.8 Å². The average molecular weight is 421 g/mol. The molecular weight excluding hydrogens is 402 g/mol. The van der Waals surface area contributed by atoms with Crippen LogP contribution in [0.25, 0.3) is 11.4 Å². The Morgan fingerprint density at radius 3 is 2.60 bits per heavy atom. The topological polar surface area (TPSA) is 125 Å². The summed E-state index contributed by atoms with van der Waals surface area (Å²) in [6.45, 7) is 0. The fourth-order valence-corrected chi connectivity index (χ4v) is 3.38. The quantitative estimate of drug-likeness (QED) is 0.435. The van der Waals surface area contributed by atoms with Crippen molar-refractivity contribution in [2.75, 3.05) is 18.2 Å². The van der Waals surface area contributed by atoms with Gasteiger partial charge in [-0.1, -0.05) is 47.6 Å². The van der Waals surface area contributed by atoms with Gasteiger partial charge in [-0.25, -0.2) is 0 Å². The van der Waals surface area contributed by atoms with Crippen molar-refractivity contribution in [2.45, 2.75) is 11.5 Å². The number of hydrogen-bond donors (Lipinski definition) is 2. The number of ether oxygens (including phenoxy) is 1. The Labute approximate surface area is 177 Å². The second-order valence-electron chi connectivity index (χ2n) is 6.13. The molecule has 4 aromatic rings. The Balaban J connectivity index is 1.39. The van der Waals surface area contributed by atoms with E-state index in [2.05, 4.69) is 30.4 Å². The molecule has 0 bridgehead atoms. The highest BCUT2D eigenvalue weighted by Gasteiger charge is 2.11. The monoisotopic (exact) mass is 421 g/mol. The van der Waals surface area contributed by atoms with Crippen molar-refractivity contribution in [1.29, 1.82) is 0 Å². The number of nitrogen functional groups attached to an aromatic ring is 1. The number of benzene rings is 2. The van der Waals surface area contributed by atoms with Gasteiger partial charge >= 0.3 is 0 Å². The number of rotatable bonds is 8. The predicted octanol–water partition coefficient (Wildman–Crippen LogP) is 3.69. The molecule has 0 amide bonds. The van der Waals surface area contributed by atoms with E-state index in [1.165, 1.54) is 0 Å². The van der Waals surface area contributed by atoms with E-state index in [1.807, 2.05) is 54.6 Å². The number of hydrogen-bond acceptors (Lipinski definition) is 10. The molecule has 0 saturated heterocycles. The smallest absolute Gasteiger partial charge is 0.236 e. The van der Waals surface area contributed by atoms with Gasteiger partial charge in [0.2, 0.25) is 23.6 Å². The van der Waals surface area contributed by atoms with Crippen LogP contribution in [0.3, 0.4) is 0 Å². The van der Waals surface area contributed by atoms with Gasteiger partial charge in [0.1, 0.15) is 11.6 Å². The van der Waals surface area contributed by atoms with E-state index < -0.39 is 0 Å². The van der Waals surface area contributed by atoms with Gasteiger partial charge in [0.15, 0.2) is 0 Å².